The second-order valence-electron chi connectivity index (χ2n) is 9.12. The van der Waals surface area contributed by atoms with E-state index >= 15 is 0 Å². The highest BCUT2D eigenvalue weighted by atomic mass is 16.5. The van der Waals surface area contributed by atoms with Gasteiger partial charge in [-0.2, -0.15) is 0 Å². The molecule has 136 valence electrons. The zero-order valence-electron chi connectivity index (χ0n) is 15.5. The summed E-state index contributed by atoms with van der Waals surface area (Å²) in [5, 5.41) is 0. The molecule has 0 aromatic heterocycles. The molecule has 4 aliphatic rings. The van der Waals surface area contributed by atoms with Gasteiger partial charge in [0.1, 0.15) is 11.9 Å². The lowest BCUT2D eigenvalue weighted by Gasteiger charge is -2.55. The highest BCUT2D eigenvalue weighted by Gasteiger charge is 2.61. The third-order valence-electron chi connectivity index (χ3n) is 7.94. The minimum atomic E-state index is -0.284. The number of fused-ring (bicyclic) bond motifs is 5. The highest BCUT2D eigenvalue weighted by molar-refractivity contribution is 5.96. The van der Waals surface area contributed by atoms with Crippen molar-refractivity contribution >= 4 is 17.5 Å². The topological polar surface area (TPSA) is 60.4 Å². The van der Waals surface area contributed by atoms with Crippen molar-refractivity contribution in [3.05, 3.63) is 11.6 Å². The molecule has 0 heterocycles. The Morgan fingerprint density at radius 3 is 2.48 bits per heavy atom. The summed E-state index contributed by atoms with van der Waals surface area (Å²) in [4.78, 5) is 36.8. The van der Waals surface area contributed by atoms with Crippen molar-refractivity contribution in [3.8, 4) is 0 Å². The summed E-state index contributed by atoms with van der Waals surface area (Å²) in [6.07, 6.45) is 7.66. The number of carbonyl (C=O) groups is 3. The maximum atomic E-state index is 13.1. The first kappa shape index (κ1) is 17.0. The minimum absolute atomic E-state index is 0.00391. The third-order valence-corrected chi connectivity index (χ3v) is 7.94. The van der Waals surface area contributed by atoms with Gasteiger partial charge in [0.15, 0.2) is 5.78 Å². The molecule has 3 saturated carbocycles. The van der Waals surface area contributed by atoms with Crippen LogP contribution >= 0.6 is 0 Å². The quantitative estimate of drug-likeness (QED) is 0.682. The maximum absolute atomic E-state index is 13.1. The summed E-state index contributed by atoms with van der Waals surface area (Å²) in [6.45, 7) is 5.84. The zero-order valence-corrected chi connectivity index (χ0v) is 15.5. The van der Waals surface area contributed by atoms with Gasteiger partial charge >= 0.3 is 5.97 Å². The molecule has 0 saturated heterocycles. The molecule has 0 aromatic rings. The molecule has 25 heavy (non-hydrogen) atoms. The van der Waals surface area contributed by atoms with Crippen LogP contribution in [0.15, 0.2) is 11.6 Å². The number of esters is 1. The number of hydrogen-bond donors (Lipinski definition) is 0. The number of carbonyl (C=O) groups excluding carboxylic acids is 3. The number of Topliss-reactive ketones (excluding diaryl/α,β-unsaturated/α-hetero) is 1. The van der Waals surface area contributed by atoms with Crippen molar-refractivity contribution in [1.29, 1.82) is 0 Å². The van der Waals surface area contributed by atoms with E-state index in [9.17, 15) is 14.4 Å². The van der Waals surface area contributed by atoms with Crippen LogP contribution in [0, 0.1) is 28.6 Å². The average Bonchev–Trinajstić information content (AvgIpc) is 2.84. The molecule has 0 amide bonds. The average molecular weight is 344 g/mol. The summed E-state index contributed by atoms with van der Waals surface area (Å²) in [7, 11) is 0. The molecule has 0 bridgehead atoms. The van der Waals surface area contributed by atoms with Crippen molar-refractivity contribution in [1.82, 2.24) is 0 Å². The van der Waals surface area contributed by atoms with E-state index in [2.05, 4.69) is 13.8 Å². The monoisotopic (exact) mass is 344 g/mol. The second-order valence-corrected chi connectivity index (χ2v) is 9.12. The molecule has 3 fully saturated rings. The summed E-state index contributed by atoms with van der Waals surface area (Å²) in [5.74, 6) is 0.888. The Kier molecular flexibility index (Phi) is 3.75. The first-order valence-electron chi connectivity index (χ1n) is 9.71. The van der Waals surface area contributed by atoms with Gasteiger partial charge in [-0.05, 0) is 55.4 Å². The van der Waals surface area contributed by atoms with E-state index < -0.39 is 0 Å². The maximum Gasteiger partial charge on any atom is 0.302 e. The summed E-state index contributed by atoms with van der Waals surface area (Å²) >= 11 is 0. The van der Waals surface area contributed by atoms with Gasteiger partial charge in [-0.1, -0.05) is 19.4 Å². The lowest BCUT2D eigenvalue weighted by molar-refractivity contribution is -0.149. The summed E-state index contributed by atoms with van der Waals surface area (Å²) in [6, 6.07) is 0. The molecular formula is C21H28O4. The van der Waals surface area contributed by atoms with Gasteiger partial charge in [0.25, 0.3) is 0 Å². The van der Waals surface area contributed by atoms with E-state index in [4.69, 9.17) is 4.74 Å². The number of hydrogen-bond acceptors (Lipinski definition) is 4. The van der Waals surface area contributed by atoms with Crippen LogP contribution in [0.5, 0.6) is 0 Å². The number of ether oxygens (including phenoxy) is 1. The van der Waals surface area contributed by atoms with Crippen LogP contribution in [0.25, 0.3) is 0 Å². The molecule has 4 aliphatic carbocycles. The Labute approximate surface area is 149 Å². The minimum Gasteiger partial charge on any atom is -0.462 e. The van der Waals surface area contributed by atoms with Crippen LogP contribution < -0.4 is 0 Å². The van der Waals surface area contributed by atoms with Crippen molar-refractivity contribution < 1.29 is 19.1 Å². The van der Waals surface area contributed by atoms with Crippen LogP contribution in [0.2, 0.25) is 0 Å². The molecular weight excluding hydrogens is 316 g/mol. The molecule has 0 aliphatic heterocycles. The van der Waals surface area contributed by atoms with E-state index in [1.807, 2.05) is 6.08 Å². The van der Waals surface area contributed by atoms with E-state index in [1.54, 1.807) is 0 Å². The van der Waals surface area contributed by atoms with E-state index in [0.29, 0.717) is 24.5 Å². The summed E-state index contributed by atoms with van der Waals surface area (Å²) < 4.78 is 5.42. The largest absolute Gasteiger partial charge is 0.462 e. The predicted molar refractivity (Wildman–Crippen MR) is 92.7 cm³/mol. The molecule has 4 rings (SSSR count). The standard InChI is InChI=1S/C21H28O4/c1-12(22)25-14-6-8-20(2)13(10-14)11-17(23)19-15-4-5-18(24)21(15,3)9-7-16(19)20/h11,14-16,19H,4-10H2,1-3H3/t14-,15-,16-,19+,20-,21-/m0/s1. The lowest BCUT2D eigenvalue weighted by Crippen LogP contribution is -2.53. The van der Waals surface area contributed by atoms with Gasteiger partial charge in [0.2, 0.25) is 0 Å². The van der Waals surface area contributed by atoms with Crippen molar-refractivity contribution in [2.45, 2.75) is 71.8 Å². The Hall–Kier alpha value is -1.45. The van der Waals surface area contributed by atoms with Crippen LogP contribution in [0.1, 0.15) is 65.7 Å². The molecule has 0 N–H and O–H groups in total. The van der Waals surface area contributed by atoms with Crippen molar-refractivity contribution in [2.75, 3.05) is 0 Å². The molecule has 6 atom stereocenters. The molecule has 4 nitrogen and oxygen atoms in total. The lowest BCUT2D eigenvalue weighted by atomic mass is 9.48. The van der Waals surface area contributed by atoms with Crippen LogP contribution in [-0.2, 0) is 19.1 Å². The smallest absolute Gasteiger partial charge is 0.302 e. The molecule has 0 spiro atoms. The van der Waals surface area contributed by atoms with E-state index in [1.165, 1.54) is 12.5 Å². The summed E-state index contributed by atoms with van der Waals surface area (Å²) in [5.41, 5.74) is 0.902. The third kappa shape index (κ3) is 2.36. The van der Waals surface area contributed by atoms with Crippen LogP contribution in [0.3, 0.4) is 0 Å². The molecule has 0 aromatic carbocycles. The van der Waals surface area contributed by atoms with Gasteiger partial charge in [-0.3, -0.25) is 14.4 Å². The number of allylic oxidation sites excluding steroid dienone is 1. The SMILES string of the molecule is CC(=O)O[C@H]1CC[C@@]2(C)C(=CC(=O)[C@H]3[C@@H]2CC[C@]2(C)C(=O)CC[C@@H]32)C1. The fourth-order valence-electron chi connectivity index (χ4n) is 6.48. The molecule has 0 radical (unpaired) electrons. The Morgan fingerprint density at radius 1 is 1.08 bits per heavy atom. The Bertz CT molecular complexity index is 677. The number of ketones is 2. The van der Waals surface area contributed by atoms with Gasteiger partial charge in [-0.15, -0.1) is 0 Å². The van der Waals surface area contributed by atoms with Gasteiger partial charge in [0, 0.05) is 31.1 Å². The fraction of sp³-hybridized carbons (Fsp3) is 0.762. The predicted octanol–water partition coefficient (Wildman–Crippen LogP) is 3.63. The molecule has 4 heteroatoms. The second kappa shape index (κ2) is 5.52. The van der Waals surface area contributed by atoms with E-state index in [0.717, 1.165) is 32.1 Å². The van der Waals surface area contributed by atoms with Gasteiger partial charge in [-0.25, -0.2) is 0 Å². The van der Waals surface area contributed by atoms with Gasteiger partial charge < -0.3 is 4.74 Å². The van der Waals surface area contributed by atoms with Crippen molar-refractivity contribution in [3.63, 3.8) is 0 Å². The first-order valence-corrected chi connectivity index (χ1v) is 9.71. The van der Waals surface area contributed by atoms with Crippen molar-refractivity contribution in [2.24, 2.45) is 28.6 Å². The Balaban J connectivity index is 1.67. The van der Waals surface area contributed by atoms with Crippen LogP contribution in [-0.4, -0.2) is 23.6 Å². The fourth-order valence-corrected chi connectivity index (χ4v) is 6.48. The first-order chi connectivity index (χ1) is 11.8. The molecule has 0 unspecified atom stereocenters. The number of rotatable bonds is 1. The zero-order chi connectivity index (χ0) is 18.0. The highest BCUT2D eigenvalue weighted by Crippen LogP contribution is 2.63. The van der Waals surface area contributed by atoms with Gasteiger partial charge in [0.05, 0.1) is 0 Å². The van der Waals surface area contributed by atoms with Crippen LogP contribution in [0.4, 0.5) is 0 Å². The normalized spacial score (nSPS) is 46.0. The van der Waals surface area contributed by atoms with E-state index in [-0.39, 0.29) is 40.5 Å². The Morgan fingerprint density at radius 2 is 1.76 bits per heavy atom.